The first-order valence-electron chi connectivity index (χ1n) is 6.89. The number of hydrogen-bond acceptors (Lipinski definition) is 3. The summed E-state index contributed by atoms with van der Waals surface area (Å²) < 4.78 is 5.69. The Bertz CT molecular complexity index is 823. The number of carbonyl (C=O) groups is 2. The average molecular weight is 329 g/mol. The van der Waals surface area contributed by atoms with Crippen molar-refractivity contribution >= 4 is 29.6 Å². The predicted octanol–water partition coefficient (Wildman–Crippen LogP) is 3.68. The number of benzene rings is 1. The van der Waals surface area contributed by atoms with E-state index in [2.05, 4.69) is 11.9 Å². The predicted molar refractivity (Wildman–Crippen MR) is 87.6 cm³/mol. The second kappa shape index (κ2) is 6.14. The van der Waals surface area contributed by atoms with Crippen LogP contribution in [0.25, 0.3) is 17.4 Å². The Morgan fingerprint density at radius 2 is 2.09 bits per heavy atom. The molecule has 0 radical (unpaired) electrons. The van der Waals surface area contributed by atoms with Crippen molar-refractivity contribution in [2.24, 2.45) is 0 Å². The van der Waals surface area contributed by atoms with Gasteiger partial charge in [0.05, 0.1) is 0 Å². The Labute approximate surface area is 137 Å². The van der Waals surface area contributed by atoms with E-state index in [1.165, 1.54) is 12.2 Å². The largest absolute Gasteiger partial charge is 0.457 e. The molecule has 0 bridgehead atoms. The molecule has 0 unspecified atom stereocenters. The molecule has 5 nitrogen and oxygen atoms in total. The Kier molecular flexibility index (Phi) is 4.04. The molecule has 0 aliphatic carbocycles. The molecule has 23 heavy (non-hydrogen) atoms. The molecule has 6 heteroatoms. The van der Waals surface area contributed by atoms with Gasteiger partial charge in [0.15, 0.2) is 0 Å². The van der Waals surface area contributed by atoms with Gasteiger partial charge >= 0.3 is 6.03 Å². The molecule has 1 aliphatic rings. The SMILES string of the molecule is C=CCN1C(=O)NC(=Cc2ccc(-c3cccc(Cl)c3)o2)C1=O. The molecule has 1 N–H and O–H groups in total. The number of imide groups is 1. The van der Waals surface area contributed by atoms with Gasteiger partial charge in [0, 0.05) is 23.2 Å². The van der Waals surface area contributed by atoms with Crippen LogP contribution >= 0.6 is 11.6 Å². The molecule has 1 aliphatic heterocycles. The maximum atomic E-state index is 12.1. The van der Waals surface area contributed by atoms with E-state index in [-0.39, 0.29) is 12.2 Å². The molecule has 2 aromatic rings. The minimum Gasteiger partial charge on any atom is -0.457 e. The van der Waals surface area contributed by atoms with E-state index in [9.17, 15) is 9.59 Å². The highest BCUT2D eigenvalue weighted by Crippen LogP contribution is 2.26. The summed E-state index contributed by atoms with van der Waals surface area (Å²) in [6.45, 7) is 3.68. The lowest BCUT2D eigenvalue weighted by atomic mass is 10.2. The van der Waals surface area contributed by atoms with Crippen LogP contribution in [0.4, 0.5) is 4.79 Å². The van der Waals surface area contributed by atoms with Gasteiger partial charge < -0.3 is 9.73 Å². The van der Waals surface area contributed by atoms with Gasteiger partial charge in [-0.2, -0.15) is 0 Å². The summed E-state index contributed by atoms with van der Waals surface area (Å²) in [5.74, 6) is 0.679. The summed E-state index contributed by atoms with van der Waals surface area (Å²) in [4.78, 5) is 24.9. The molecular formula is C17H13ClN2O3. The highest BCUT2D eigenvalue weighted by atomic mass is 35.5. The molecule has 1 fully saturated rings. The maximum absolute atomic E-state index is 12.1. The number of urea groups is 1. The number of nitrogens with zero attached hydrogens (tertiary/aromatic N) is 1. The molecule has 116 valence electrons. The number of halogens is 1. The molecule has 0 spiro atoms. The van der Waals surface area contributed by atoms with Gasteiger partial charge in [0.25, 0.3) is 5.91 Å². The van der Waals surface area contributed by atoms with E-state index in [0.717, 1.165) is 10.5 Å². The van der Waals surface area contributed by atoms with Crippen LogP contribution in [-0.2, 0) is 4.79 Å². The number of furan rings is 1. The summed E-state index contributed by atoms with van der Waals surface area (Å²) in [7, 11) is 0. The fourth-order valence-electron chi connectivity index (χ4n) is 2.24. The summed E-state index contributed by atoms with van der Waals surface area (Å²) in [5, 5.41) is 3.12. The first-order valence-corrected chi connectivity index (χ1v) is 7.27. The van der Waals surface area contributed by atoms with Crippen LogP contribution in [-0.4, -0.2) is 23.4 Å². The zero-order chi connectivity index (χ0) is 16.4. The quantitative estimate of drug-likeness (QED) is 0.529. The second-order valence-electron chi connectivity index (χ2n) is 4.90. The van der Waals surface area contributed by atoms with Crippen molar-refractivity contribution in [1.29, 1.82) is 0 Å². The molecule has 1 aromatic heterocycles. The van der Waals surface area contributed by atoms with Gasteiger partial charge in [-0.25, -0.2) is 4.79 Å². The lowest BCUT2D eigenvalue weighted by Gasteiger charge is -2.06. The molecule has 0 atom stereocenters. The van der Waals surface area contributed by atoms with E-state index in [0.29, 0.717) is 16.5 Å². The van der Waals surface area contributed by atoms with E-state index in [1.807, 2.05) is 12.1 Å². The van der Waals surface area contributed by atoms with E-state index in [1.54, 1.807) is 24.3 Å². The average Bonchev–Trinajstić information content (AvgIpc) is 3.09. The van der Waals surface area contributed by atoms with Crippen molar-refractivity contribution in [3.63, 3.8) is 0 Å². The van der Waals surface area contributed by atoms with Gasteiger partial charge in [0.1, 0.15) is 17.2 Å². The lowest BCUT2D eigenvalue weighted by molar-refractivity contribution is -0.122. The molecule has 0 saturated carbocycles. The van der Waals surface area contributed by atoms with Crippen molar-refractivity contribution in [3.05, 3.63) is 65.5 Å². The van der Waals surface area contributed by atoms with Crippen LogP contribution in [0.3, 0.4) is 0 Å². The zero-order valence-electron chi connectivity index (χ0n) is 12.1. The van der Waals surface area contributed by atoms with E-state index in [4.69, 9.17) is 16.0 Å². The van der Waals surface area contributed by atoms with Crippen molar-refractivity contribution in [2.45, 2.75) is 0 Å². The van der Waals surface area contributed by atoms with Gasteiger partial charge in [-0.15, -0.1) is 6.58 Å². The molecule has 3 rings (SSSR count). The van der Waals surface area contributed by atoms with Crippen molar-refractivity contribution in [3.8, 4) is 11.3 Å². The number of hydrogen-bond donors (Lipinski definition) is 1. The molecular weight excluding hydrogens is 316 g/mol. The molecule has 2 heterocycles. The number of rotatable bonds is 4. The summed E-state index contributed by atoms with van der Waals surface area (Å²) in [6, 6.07) is 10.3. The van der Waals surface area contributed by atoms with E-state index >= 15 is 0 Å². The van der Waals surface area contributed by atoms with Crippen LogP contribution in [0.15, 0.2) is 59.2 Å². The Morgan fingerprint density at radius 3 is 2.83 bits per heavy atom. The van der Waals surface area contributed by atoms with Crippen LogP contribution in [0.1, 0.15) is 5.76 Å². The van der Waals surface area contributed by atoms with Crippen LogP contribution < -0.4 is 5.32 Å². The smallest absolute Gasteiger partial charge is 0.329 e. The summed E-state index contributed by atoms with van der Waals surface area (Å²) in [5.41, 5.74) is 1.00. The fraction of sp³-hybridized carbons (Fsp3) is 0.0588. The lowest BCUT2D eigenvalue weighted by Crippen LogP contribution is -2.30. The van der Waals surface area contributed by atoms with Crippen LogP contribution in [0.2, 0.25) is 5.02 Å². The molecule has 3 amide bonds. The normalized spacial score (nSPS) is 16.0. The highest BCUT2D eigenvalue weighted by molar-refractivity contribution is 6.30. The first kappa shape index (κ1) is 15.1. The maximum Gasteiger partial charge on any atom is 0.329 e. The van der Waals surface area contributed by atoms with Crippen molar-refractivity contribution < 1.29 is 14.0 Å². The number of carbonyl (C=O) groups excluding carboxylic acids is 2. The standard InChI is InChI=1S/C17H13ClN2O3/c1-2-8-20-16(21)14(19-17(20)22)10-13-6-7-15(23-13)11-4-3-5-12(18)9-11/h2-7,9-10H,1,8H2,(H,19,22). The highest BCUT2D eigenvalue weighted by Gasteiger charge is 2.32. The van der Waals surface area contributed by atoms with Gasteiger partial charge in [-0.05, 0) is 24.3 Å². The topological polar surface area (TPSA) is 62.6 Å². The summed E-state index contributed by atoms with van der Waals surface area (Å²) in [6.07, 6.45) is 2.99. The van der Waals surface area contributed by atoms with E-state index < -0.39 is 11.9 Å². The third-order valence-corrected chi connectivity index (χ3v) is 3.53. The third-order valence-electron chi connectivity index (χ3n) is 3.30. The van der Waals surface area contributed by atoms with Gasteiger partial charge in [-0.3, -0.25) is 9.69 Å². The van der Waals surface area contributed by atoms with Crippen molar-refractivity contribution in [2.75, 3.05) is 6.54 Å². The monoisotopic (exact) mass is 328 g/mol. The fourth-order valence-corrected chi connectivity index (χ4v) is 2.43. The number of amides is 3. The Balaban J connectivity index is 1.85. The van der Waals surface area contributed by atoms with Gasteiger partial charge in [0.2, 0.25) is 0 Å². The van der Waals surface area contributed by atoms with Crippen LogP contribution in [0.5, 0.6) is 0 Å². The molecule has 1 saturated heterocycles. The van der Waals surface area contributed by atoms with Gasteiger partial charge in [-0.1, -0.05) is 29.8 Å². The van der Waals surface area contributed by atoms with Crippen LogP contribution in [0, 0.1) is 0 Å². The van der Waals surface area contributed by atoms with Crippen molar-refractivity contribution in [1.82, 2.24) is 10.2 Å². The second-order valence-corrected chi connectivity index (χ2v) is 5.34. The minimum absolute atomic E-state index is 0.161. The third kappa shape index (κ3) is 3.05. The zero-order valence-corrected chi connectivity index (χ0v) is 12.8. The Hall–Kier alpha value is -2.79. The minimum atomic E-state index is -0.470. The first-order chi connectivity index (χ1) is 11.1. The molecule has 1 aromatic carbocycles. The number of nitrogens with one attached hydrogen (secondary N) is 1. The Morgan fingerprint density at radius 1 is 1.26 bits per heavy atom. The summed E-state index contributed by atoms with van der Waals surface area (Å²) >= 11 is 5.96.